The summed E-state index contributed by atoms with van der Waals surface area (Å²) in [5.74, 6) is 3.06. The van der Waals surface area contributed by atoms with Crippen LogP contribution in [0, 0.1) is 17.8 Å². The van der Waals surface area contributed by atoms with Gasteiger partial charge >= 0.3 is 179 Å². The molecule has 6 bridgehead atoms. The van der Waals surface area contributed by atoms with E-state index in [0.717, 1.165) is 23.3 Å². The van der Waals surface area contributed by atoms with Crippen molar-refractivity contribution in [1.82, 2.24) is 4.57 Å². The monoisotopic (exact) mass is 750 g/mol. The van der Waals surface area contributed by atoms with E-state index in [0.29, 0.717) is 9.04 Å². The number of nitrogens with zero attached hydrogens (tertiary/aromatic N) is 1. The second-order valence-corrected chi connectivity index (χ2v) is 21.9. The van der Waals surface area contributed by atoms with Gasteiger partial charge in [0.15, 0.2) is 0 Å². The van der Waals surface area contributed by atoms with Crippen LogP contribution in [0.1, 0.15) is 89.5 Å². The van der Waals surface area contributed by atoms with Crippen LogP contribution in [0.2, 0.25) is 13.1 Å². The molecule has 0 radical (unpaired) electrons. The van der Waals surface area contributed by atoms with Gasteiger partial charge in [-0.3, -0.25) is 0 Å². The maximum Gasteiger partial charge on any atom is -1.00 e. The normalized spacial score (nSPS) is 29.5. The third-order valence-corrected chi connectivity index (χ3v) is 18.8. The first-order chi connectivity index (χ1) is 21.7. The van der Waals surface area contributed by atoms with Crippen LogP contribution in [0.3, 0.4) is 0 Å². The molecule has 0 amide bonds. The summed E-state index contributed by atoms with van der Waals surface area (Å²) >= 11 is 1.61. The molecule has 3 aromatic carbocycles. The SMILES string of the molecule is CC1=C2c3c(ccn3-c3ccccc3)C1[Si]2(C)C.CC1=Cc2c(-c3ccc(C45CC6CC(CC(C6)C4)C5)cc3)cccc2[CH]1[Zr+2].[Cl-].[Cl-]. The van der Waals surface area contributed by atoms with E-state index < -0.39 is 8.07 Å². The summed E-state index contributed by atoms with van der Waals surface area (Å²) in [6.07, 6.45) is 13.6. The topological polar surface area (TPSA) is 4.93 Å². The van der Waals surface area contributed by atoms with Gasteiger partial charge in [-0.15, -0.1) is 0 Å². The molecule has 2 unspecified atom stereocenters. The van der Waals surface area contributed by atoms with Crippen molar-refractivity contribution < 1.29 is 49.5 Å². The molecule has 2 atom stereocenters. The summed E-state index contributed by atoms with van der Waals surface area (Å²) < 4.78 is 3.04. The van der Waals surface area contributed by atoms with Crippen molar-refractivity contribution in [3.63, 3.8) is 0 Å². The van der Waals surface area contributed by atoms with Gasteiger partial charge in [-0.05, 0) is 35.9 Å². The average molecular weight is 753 g/mol. The van der Waals surface area contributed by atoms with E-state index in [-0.39, 0.29) is 24.8 Å². The molecule has 3 heterocycles. The molecule has 6 aliphatic carbocycles. The Morgan fingerprint density at radius 2 is 1.38 bits per heavy atom. The van der Waals surface area contributed by atoms with Gasteiger partial charge in [0.05, 0.1) is 8.07 Å². The van der Waals surface area contributed by atoms with Crippen molar-refractivity contribution in [3.8, 4) is 16.8 Å². The van der Waals surface area contributed by atoms with Crippen molar-refractivity contribution in [2.75, 3.05) is 0 Å². The molecular formula is C42H44Cl2NSiZr. The zero-order valence-corrected chi connectivity index (χ0v) is 33.0. The number of rotatable bonds is 3. The second-order valence-electron chi connectivity index (χ2n) is 15.9. The summed E-state index contributed by atoms with van der Waals surface area (Å²) in [5, 5.41) is 1.70. The van der Waals surface area contributed by atoms with E-state index in [4.69, 9.17) is 0 Å². The number of allylic oxidation sites excluding steroid dienone is 2. The molecule has 1 aromatic heterocycles. The summed E-state index contributed by atoms with van der Waals surface area (Å²) in [6, 6.07) is 29.8. The van der Waals surface area contributed by atoms with Crippen molar-refractivity contribution in [3.05, 3.63) is 124 Å². The standard InChI is InChI=1S/C26H27.C16H17NSi.2ClH.Zr/c1-17-9-22-3-2-4-24(25(22)10-17)21-5-7-23(8-6-21)26-14-18-11-19(15-26)13-20(12-18)16-26;1-11-15-13-9-10-17(12-7-5-4-6-8-12)14(13)16(11)18(15,2)3;;;/h2-10,18-20H,11-16H2,1H3;4-10,15H,1-3H3;2*1H;/q;;;;+2/p-2. The number of halogens is 2. The predicted octanol–water partition coefficient (Wildman–Crippen LogP) is 4.98. The van der Waals surface area contributed by atoms with Gasteiger partial charge in [-0.2, -0.15) is 0 Å². The van der Waals surface area contributed by atoms with Crippen molar-refractivity contribution in [2.45, 2.75) is 80.0 Å². The fourth-order valence-electron chi connectivity index (χ4n) is 11.4. The Morgan fingerprint density at radius 3 is 2.00 bits per heavy atom. The molecule has 5 heteroatoms. The largest absolute Gasteiger partial charge is 1.00 e. The van der Waals surface area contributed by atoms with Crippen molar-refractivity contribution >= 4 is 19.3 Å². The molecule has 0 N–H and O–H groups in total. The number of fused-ring (bicyclic) bond motifs is 1. The van der Waals surface area contributed by atoms with Crippen molar-refractivity contribution in [2.24, 2.45) is 17.8 Å². The first kappa shape index (κ1) is 33.6. The molecule has 8 aliphatic rings. The Bertz CT molecular complexity index is 1870. The smallest absolute Gasteiger partial charge is 1.00 e. The average Bonchev–Trinajstić information content (AvgIpc) is 3.72. The molecule has 4 saturated carbocycles. The Labute approximate surface area is 310 Å². The van der Waals surface area contributed by atoms with E-state index in [1.165, 1.54) is 77.7 Å². The number of hydrogen-bond acceptors (Lipinski definition) is 0. The summed E-state index contributed by atoms with van der Waals surface area (Å²) in [7, 11) is -1.17. The molecule has 12 rings (SSSR count). The Hall–Kier alpha value is -1.90. The Morgan fingerprint density at radius 1 is 0.745 bits per heavy atom. The zero-order valence-electron chi connectivity index (χ0n) is 28.0. The summed E-state index contributed by atoms with van der Waals surface area (Å²) in [6.45, 7) is 9.64. The fraction of sp³-hybridized carbons (Fsp3) is 0.381. The first-order valence-corrected chi connectivity index (χ1v) is 21.8. The van der Waals surface area contributed by atoms with Gasteiger partial charge in [0.2, 0.25) is 0 Å². The van der Waals surface area contributed by atoms with Gasteiger partial charge in [-0.25, -0.2) is 0 Å². The number of benzene rings is 3. The van der Waals surface area contributed by atoms with Crippen LogP contribution in [0.4, 0.5) is 0 Å². The maximum absolute atomic E-state index is 2.51. The van der Waals surface area contributed by atoms with Crippen LogP contribution in [0.15, 0.2) is 96.2 Å². The van der Waals surface area contributed by atoms with E-state index in [1.807, 2.05) is 0 Å². The molecule has 47 heavy (non-hydrogen) atoms. The molecule has 4 fully saturated rings. The van der Waals surface area contributed by atoms with Crippen LogP contribution in [-0.4, -0.2) is 12.6 Å². The summed E-state index contributed by atoms with van der Waals surface area (Å²) in [5.41, 5.74) is 16.3. The van der Waals surface area contributed by atoms with Gasteiger partial charge < -0.3 is 29.4 Å². The van der Waals surface area contributed by atoms with Gasteiger partial charge in [-0.1, -0.05) is 36.9 Å². The predicted molar refractivity (Wildman–Crippen MR) is 187 cm³/mol. The quantitative estimate of drug-likeness (QED) is 0.261. The van der Waals surface area contributed by atoms with Crippen LogP contribution >= 0.6 is 0 Å². The van der Waals surface area contributed by atoms with Gasteiger partial charge in [0, 0.05) is 23.1 Å². The van der Waals surface area contributed by atoms with Crippen LogP contribution < -0.4 is 24.8 Å². The van der Waals surface area contributed by atoms with Crippen LogP contribution in [-0.2, 0) is 30.1 Å². The van der Waals surface area contributed by atoms with E-state index in [9.17, 15) is 0 Å². The third kappa shape index (κ3) is 5.08. The fourth-order valence-corrected chi connectivity index (χ4v) is 16.6. The molecule has 239 valence electrons. The first-order valence-electron chi connectivity index (χ1n) is 17.3. The van der Waals surface area contributed by atoms with E-state index >= 15 is 0 Å². The molecule has 2 aliphatic heterocycles. The van der Waals surface area contributed by atoms with Crippen molar-refractivity contribution in [1.29, 1.82) is 0 Å². The molecule has 1 nitrogen and oxygen atoms in total. The zero-order chi connectivity index (χ0) is 30.7. The Balaban J connectivity index is 0.000000154. The third-order valence-electron chi connectivity index (χ3n) is 12.8. The number of para-hydroxylation sites is 1. The van der Waals surface area contributed by atoms with Gasteiger partial charge in [0.25, 0.3) is 0 Å². The maximum atomic E-state index is 2.51. The Kier molecular flexibility index (Phi) is 8.69. The number of hydrogen-bond donors (Lipinski definition) is 0. The van der Waals surface area contributed by atoms with Gasteiger partial charge in [0.1, 0.15) is 0 Å². The molecular weight excluding hydrogens is 709 g/mol. The van der Waals surface area contributed by atoms with E-state index in [1.54, 1.807) is 46.6 Å². The van der Waals surface area contributed by atoms with Crippen LogP contribution in [0.25, 0.3) is 28.1 Å². The van der Waals surface area contributed by atoms with Crippen LogP contribution in [0.5, 0.6) is 0 Å². The number of aromatic nitrogens is 1. The summed E-state index contributed by atoms with van der Waals surface area (Å²) in [4.78, 5) is 0. The molecule has 4 aromatic rings. The minimum atomic E-state index is -1.17. The van der Waals surface area contributed by atoms with E-state index in [2.05, 4.69) is 123 Å². The molecule has 0 saturated heterocycles. The minimum Gasteiger partial charge on any atom is -1.00 e. The molecule has 0 spiro atoms. The minimum absolute atomic E-state index is 0. The second kappa shape index (κ2) is 12.2.